The van der Waals surface area contributed by atoms with Crippen LogP contribution in [0.25, 0.3) is 0 Å². The molecule has 0 fully saturated rings. The van der Waals surface area contributed by atoms with Crippen LogP contribution in [0.5, 0.6) is 0 Å². The molecule has 0 unspecified atom stereocenters. The van der Waals surface area contributed by atoms with E-state index in [0.29, 0.717) is 10.0 Å². The van der Waals surface area contributed by atoms with Gasteiger partial charge in [0.1, 0.15) is 5.82 Å². The Morgan fingerprint density at radius 3 is 2.52 bits per heavy atom. The van der Waals surface area contributed by atoms with Gasteiger partial charge in [0.15, 0.2) is 0 Å². The average molecular weight is 370 g/mol. The molecule has 0 atom stereocenters. The molecule has 21 heavy (non-hydrogen) atoms. The molecular weight excluding hydrogens is 361 g/mol. The van der Waals surface area contributed by atoms with Crippen LogP contribution in [0.4, 0.5) is 15.8 Å². The van der Waals surface area contributed by atoms with Gasteiger partial charge in [-0.05, 0) is 52.3 Å². The summed E-state index contributed by atoms with van der Waals surface area (Å²) in [5.41, 5.74) is 5.76. The van der Waals surface area contributed by atoms with Gasteiger partial charge in [-0.2, -0.15) is 5.26 Å². The van der Waals surface area contributed by atoms with E-state index in [-0.39, 0.29) is 16.3 Å². The summed E-state index contributed by atoms with van der Waals surface area (Å²) in [4.78, 5) is -0.155. The van der Waals surface area contributed by atoms with Crippen molar-refractivity contribution >= 4 is 37.3 Å². The van der Waals surface area contributed by atoms with Gasteiger partial charge in [-0.1, -0.05) is 0 Å². The molecule has 0 aliphatic rings. The SMILES string of the molecule is N#Cc1ccc(NS(=O)(=O)c2ccc(F)c(N)c2)c(Br)c1. The summed E-state index contributed by atoms with van der Waals surface area (Å²) in [6, 6.07) is 9.48. The quantitative estimate of drug-likeness (QED) is 0.812. The highest BCUT2D eigenvalue weighted by Crippen LogP contribution is 2.26. The standard InChI is InChI=1S/C13H9BrFN3O2S/c14-10-5-8(7-16)1-4-13(10)18-21(19,20)9-2-3-11(15)12(17)6-9/h1-6,18H,17H2. The maximum atomic E-state index is 13.1. The van der Waals surface area contributed by atoms with Crippen molar-refractivity contribution in [3.63, 3.8) is 0 Å². The Labute approximate surface area is 129 Å². The number of sulfonamides is 1. The largest absolute Gasteiger partial charge is 0.396 e. The van der Waals surface area contributed by atoms with Gasteiger partial charge in [-0.3, -0.25) is 4.72 Å². The van der Waals surface area contributed by atoms with Crippen LogP contribution in [0.3, 0.4) is 0 Å². The zero-order chi connectivity index (χ0) is 15.6. The molecule has 2 aromatic rings. The van der Waals surface area contributed by atoms with Crippen molar-refractivity contribution < 1.29 is 12.8 Å². The summed E-state index contributed by atoms with van der Waals surface area (Å²) in [6.45, 7) is 0. The molecule has 0 saturated heterocycles. The van der Waals surface area contributed by atoms with Crippen molar-refractivity contribution in [2.75, 3.05) is 10.5 Å². The van der Waals surface area contributed by atoms with Gasteiger partial charge >= 0.3 is 0 Å². The second-order valence-corrected chi connectivity index (χ2v) is 6.63. The smallest absolute Gasteiger partial charge is 0.262 e. The Morgan fingerprint density at radius 2 is 1.95 bits per heavy atom. The van der Waals surface area contributed by atoms with Gasteiger partial charge in [-0.15, -0.1) is 0 Å². The number of nitrogens with one attached hydrogen (secondary N) is 1. The number of benzene rings is 2. The fourth-order valence-corrected chi connectivity index (χ4v) is 3.28. The fourth-order valence-electron chi connectivity index (χ4n) is 1.56. The van der Waals surface area contributed by atoms with Crippen LogP contribution in [-0.4, -0.2) is 8.42 Å². The van der Waals surface area contributed by atoms with Crippen LogP contribution in [0.15, 0.2) is 45.8 Å². The highest BCUT2D eigenvalue weighted by molar-refractivity contribution is 9.10. The monoisotopic (exact) mass is 369 g/mol. The predicted molar refractivity (Wildman–Crippen MR) is 80.5 cm³/mol. The molecule has 0 aromatic heterocycles. The summed E-state index contributed by atoms with van der Waals surface area (Å²) >= 11 is 3.18. The van der Waals surface area contributed by atoms with E-state index >= 15 is 0 Å². The molecule has 5 nitrogen and oxygen atoms in total. The van der Waals surface area contributed by atoms with Crippen LogP contribution in [0.1, 0.15) is 5.56 Å². The third kappa shape index (κ3) is 3.32. The molecular formula is C13H9BrFN3O2S. The first-order chi connectivity index (χ1) is 9.83. The number of halogens is 2. The number of rotatable bonds is 3. The summed E-state index contributed by atoms with van der Waals surface area (Å²) in [7, 11) is -3.90. The Kier molecular flexibility index (Phi) is 4.16. The molecule has 0 aliphatic heterocycles. The van der Waals surface area contributed by atoms with Crippen LogP contribution in [0.2, 0.25) is 0 Å². The van der Waals surface area contributed by atoms with E-state index in [1.807, 2.05) is 6.07 Å². The maximum Gasteiger partial charge on any atom is 0.262 e. The zero-order valence-corrected chi connectivity index (χ0v) is 12.9. The Balaban J connectivity index is 2.37. The van der Waals surface area contributed by atoms with Crippen molar-refractivity contribution in [3.8, 4) is 6.07 Å². The van der Waals surface area contributed by atoms with Crippen molar-refractivity contribution in [2.24, 2.45) is 0 Å². The van der Waals surface area contributed by atoms with E-state index < -0.39 is 15.8 Å². The molecule has 0 radical (unpaired) electrons. The zero-order valence-electron chi connectivity index (χ0n) is 10.5. The second kappa shape index (κ2) is 5.71. The molecule has 108 valence electrons. The van der Waals surface area contributed by atoms with Gasteiger partial charge in [0.2, 0.25) is 0 Å². The third-order valence-corrected chi connectivity index (χ3v) is 4.64. The topological polar surface area (TPSA) is 96.0 Å². The van der Waals surface area contributed by atoms with Gasteiger partial charge in [0.25, 0.3) is 10.0 Å². The van der Waals surface area contributed by atoms with Gasteiger partial charge in [-0.25, -0.2) is 12.8 Å². The second-order valence-electron chi connectivity index (χ2n) is 4.10. The normalized spacial score (nSPS) is 10.9. The lowest BCUT2D eigenvalue weighted by Gasteiger charge is -2.10. The van der Waals surface area contributed by atoms with Crippen LogP contribution in [0, 0.1) is 17.1 Å². The highest BCUT2D eigenvalue weighted by atomic mass is 79.9. The summed E-state index contributed by atoms with van der Waals surface area (Å²) in [6.07, 6.45) is 0. The molecule has 0 amide bonds. The van der Waals surface area contributed by atoms with Crippen molar-refractivity contribution in [1.29, 1.82) is 5.26 Å². The van der Waals surface area contributed by atoms with Crippen molar-refractivity contribution in [2.45, 2.75) is 4.90 Å². The first kappa shape index (κ1) is 15.3. The number of nitrogen functional groups attached to an aromatic ring is 1. The Bertz CT molecular complexity index is 847. The van der Waals surface area contributed by atoms with Gasteiger partial charge < -0.3 is 5.73 Å². The molecule has 2 rings (SSSR count). The number of nitrogens with two attached hydrogens (primary N) is 1. The first-order valence-electron chi connectivity index (χ1n) is 5.61. The minimum atomic E-state index is -3.90. The van der Waals surface area contributed by atoms with E-state index in [4.69, 9.17) is 11.0 Å². The number of hydrogen-bond donors (Lipinski definition) is 2. The Hall–Kier alpha value is -2.11. The molecule has 2 aromatic carbocycles. The number of nitrogens with zero attached hydrogens (tertiary/aromatic N) is 1. The van der Waals surface area contributed by atoms with Crippen LogP contribution < -0.4 is 10.5 Å². The average Bonchev–Trinajstić information content (AvgIpc) is 2.43. The number of anilines is 2. The van der Waals surface area contributed by atoms with E-state index in [2.05, 4.69) is 20.7 Å². The molecule has 0 aliphatic carbocycles. The lowest BCUT2D eigenvalue weighted by Crippen LogP contribution is -2.14. The van der Waals surface area contributed by atoms with Crippen molar-refractivity contribution in [3.05, 3.63) is 52.3 Å². The number of hydrogen-bond acceptors (Lipinski definition) is 4. The van der Waals surface area contributed by atoms with E-state index in [9.17, 15) is 12.8 Å². The van der Waals surface area contributed by atoms with Crippen molar-refractivity contribution in [1.82, 2.24) is 0 Å². The molecule has 3 N–H and O–H groups in total. The minimum absolute atomic E-state index is 0.155. The third-order valence-electron chi connectivity index (χ3n) is 2.62. The fraction of sp³-hybridized carbons (Fsp3) is 0. The van der Waals surface area contributed by atoms with Crippen LogP contribution in [-0.2, 0) is 10.0 Å². The maximum absolute atomic E-state index is 13.1. The number of nitriles is 1. The molecule has 0 bridgehead atoms. The summed E-state index contributed by atoms with van der Waals surface area (Å²) in [5.74, 6) is -0.687. The lowest BCUT2D eigenvalue weighted by molar-refractivity contribution is 0.600. The van der Waals surface area contributed by atoms with Crippen LogP contribution >= 0.6 is 15.9 Å². The lowest BCUT2D eigenvalue weighted by atomic mass is 10.2. The van der Waals surface area contributed by atoms with Gasteiger partial charge in [0.05, 0.1) is 27.9 Å². The van der Waals surface area contributed by atoms with Gasteiger partial charge in [0, 0.05) is 4.47 Å². The molecule has 0 saturated carbocycles. The van der Waals surface area contributed by atoms with E-state index in [1.165, 1.54) is 18.2 Å². The summed E-state index contributed by atoms with van der Waals surface area (Å²) < 4.78 is 40.2. The predicted octanol–water partition coefficient (Wildman–Crippen LogP) is 2.84. The highest BCUT2D eigenvalue weighted by Gasteiger charge is 2.17. The van der Waals surface area contributed by atoms with E-state index in [1.54, 1.807) is 0 Å². The summed E-state index contributed by atoms with van der Waals surface area (Å²) in [5, 5.41) is 8.76. The molecule has 0 spiro atoms. The molecule has 0 heterocycles. The first-order valence-corrected chi connectivity index (χ1v) is 7.88. The minimum Gasteiger partial charge on any atom is -0.396 e. The van der Waals surface area contributed by atoms with E-state index in [0.717, 1.165) is 18.2 Å². The Morgan fingerprint density at radius 1 is 1.24 bits per heavy atom. The molecule has 8 heteroatoms.